The molecule has 5 nitrogen and oxygen atoms in total. The molecule has 0 saturated carbocycles. The summed E-state index contributed by atoms with van der Waals surface area (Å²) in [6.07, 6.45) is 6.44. The van der Waals surface area contributed by atoms with Gasteiger partial charge in [0, 0.05) is 30.7 Å². The van der Waals surface area contributed by atoms with E-state index in [0.717, 1.165) is 49.7 Å². The highest BCUT2D eigenvalue weighted by Gasteiger charge is 2.04. The standard InChI is InChI=1S/C23H31N5/c1-2-28(19-17-24-20-10-5-3-6-11-20)18-8-4-7-12-21-13-9-14-22(26-21)23-15-16-25-27-23/h3,5-6,9-11,13-16,24H,2,4,7-8,12,17-19H2,1H3,(H,25,27). The fourth-order valence-electron chi connectivity index (χ4n) is 3.33. The van der Waals surface area contributed by atoms with Crippen molar-refractivity contribution in [2.24, 2.45) is 0 Å². The number of aromatic nitrogens is 3. The quantitative estimate of drug-likeness (QED) is 0.452. The van der Waals surface area contributed by atoms with E-state index in [-0.39, 0.29) is 0 Å². The lowest BCUT2D eigenvalue weighted by Crippen LogP contribution is -2.30. The van der Waals surface area contributed by atoms with Crippen molar-refractivity contribution in [3.8, 4) is 11.4 Å². The lowest BCUT2D eigenvalue weighted by atomic mass is 10.1. The smallest absolute Gasteiger partial charge is 0.0883 e. The summed E-state index contributed by atoms with van der Waals surface area (Å²) >= 11 is 0. The average molecular weight is 378 g/mol. The Morgan fingerprint density at radius 2 is 1.82 bits per heavy atom. The summed E-state index contributed by atoms with van der Waals surface area (Å²) in [7, 11) is 0. The van der Waals surface area contributed by atoms with E-state index in [9.17, 15) is 0 Å². The number of hydrogen-bond acceptors (Lipinski definition) is 4. The zero-order valence-corrected chi connectivity index (χ0v) is 16.8. The molecule has 0 unspecified atom stereocenters. The Hall–Kier alpha value is -2.66. The van der Waals surface area contributed by atoms with Crippen LogP contribution in [0.5, 0.6) is 0 Å². The van der Waals surface area contributed by atoms with Gasteiger partial charge in [-0.1, -0.05) is 37.6 Å². The zero-order chi connectivity index (χ0) is 19.4. The Bertz CT molecular complexity index is 786. The van der Waals surface area contributed by atoms with Crippen LogP contribution < -0.4 is 5.32 Å². The largest absolute Gasteiger partial charge is 0.384 e. The van der Waals surface area contributed by atoms with Crippen molar-refractivity contribution in [1.82, 2.24) is 20.1 Å². The molecule has 2 heterocycles. The Morgan fingerprint density at radius 1 is 0.929 bits per heavy atom. The molecule has 3 rings (SSSR count). The molecule has 0 saturated heterocycles. The number of anilines is 1. The highest BCUT2D eigenvalue weighted by Crippen LogP contribution is 2.15. The van der Waals surface area contributed by atoms with Gasteiger partial charge in [0.05, 0.1) is 11.4 Å². The molecule has 0 fully saturated rings. The van der Waals surface area contributed by atoms with E-state index >= 15 is 0 Å². The molecule has 5 heteroatoms. The molecule has 2 N–H and O–H groups in total. The van der Waals surface area contributed by atoms with Crippen LogP contribution in [0.3, 0.4) is 0 Å². The van der Waals surface area contributed by atoms with Crippen molar-refractivity contribution in [1.29, 1.82) is 0 Å². The van der Waals surface area contributed by atoms with Crippen LogP contribution in [0.1, 0.15) is 31.9 Å². The van der Waals surface area contributed by atoms with Crippen LogP contribution >= 0.6 is 0 Å². The van der Waals surface area contributed by atoms with E-state index in [1.165, 1.54) is 24.9 Å². The van der Waals surface area contributed by atoms with Gasteiger partial charge < -0.3 is 10.2 Å². The first kappa shape index (κ1) is 20.1. The summed E-state index contributed by atoms with van der Waals surface area (Å²) in [5, 5.41) is 10.5. The second-order valence-electron chi connectivity index (χ2n) is 7.02. The van der Waals surface area contributed by atoms with Crippen molar-refractivity contribution < 1.29 is 0 Å². The predicted molar refractivity (Wildman–Crippen MR) is 116 cm³/mol. The number of H-pyrrole nitrogens is 1. The van der Waals surface area contributed by atoms with Gasteiger partial charge in [-0.3, -0.25) is 10.1 Å². The number of unbranched alkanes of at least 4 members (excludes halogenated alkanes) is 2. The van der Waals surface area contributed by atoms with Gasteiger partial charge in [-0.25, -0.2) is 0 Å². The Kier molecular flexibility index (Phi) is 8.07. The number of likely N-dealkylation sites (N-methyl/N-ethyl adjacent to an activating group) is 1. The van der Waals surface area contributed by atoms with Crippen molar-refractivity contribution in [2.75, 3.05) is 31.5 Å². The Morgan fingerprint density at radius 3 is 2.61 bits per heavy atom. The number of pyridine rings is 1. The molecule has 0 aliphatic rings. The number of aromatic amines is 1. The maximum absolute atomic E-state index is 4.74. The number of nitrogens with zero attached hydrogens (tertiary/aromatic N) is 3. The molecule has 0 aliphatic carbocycles. The Labute approximate surface area is 168 Å². The molecule has 2 aromatic heterocycles. The van der Waals surface area contributed by atoms with Gasteiger partial charge in [-0.2, -0.15) is 5.10 Å². The van der Waals surface area contributed by atoms with E-state index in [0.29, 0.717) is 0 Å². The highest BCUT2D eigenvalue weighted by molar-refractivity contribution is 5.53. The van der Waals surface area contributed by atoms with Crippen LogP contribution in [0.2, 0.25) is 0 Å². The fourth-order valence-corrected chi connectivity index (χ4v) is 3.33. The van der Waals surface area contributed by atoms with E-state index in [1.54, 1.807) is 6.20 Å². The average Bonchev–Trinajstić information content (AvgIpc) is 3.28. The third kappa shape index (κ3) is 6.50. The first-order chi connectivity index (χ1) is 13.8. The van der Waals surface area contributed by atoms with Crippen LogP contribution in [0, 0.1) is 0 Å². The van der Waals surface area contributed by atoms with Gasteiger partial charge in [0.2, 0.25) is 0 Å². The minimum Gasteiger partial charge on any atom is -0.384 e. The van der Waals surface area contributed by atoms with Gasteiger partial charge in [0.25, 0.3) is 0 Å². The third-order valence-electron chi connectivity index (χ3n) is 4.97. The van der Waals surface area contributed by atoms with Crippen molar-refractivity contribution in [3.05, 3.63) is 66.5 Å². The van der Waals surface area contributed by atoms with Crippen molar-refractivity contribution in [3.63, 3.8) is 0 Å². The highest BCUT2D eigenvalue weighted by atomic mass is 15.1. The maximum Gasteiger partial charge on any atom is 0.0883 e. The van der Waals surface area contributed by atoms with E-state index in [2.05, 4.69) is 63.7 Å². The minimum absolute atomic E-state index is 0.970. The number of aryl methyl sites for hydroxylation is 1. The van der Waals surface area contributed by atoms with Crippen LogP contribution in [0.15, 0.2) is 60.8 Å². The Balaban J connectivity index is 1.32. The van der Waals surface area contributed by atoms with E-state index in [4.69, 9.17) is 4.98 Å². The summed E-state index contributed by atoms with van der Waals surface area (Å²) < 4.78 is 0. The molecule has 3 aromatic rings. The predicted octanol–water partition coefficient (Wildman–Crippen LogP) is 4.62. The summed E-state index contributed by atoms with van der Waals surface area (Å²) in [4.78, 5) is 7.26. The molecule has 28 heavy (non-hydrogen) atoms. The van der Waals surface area contributed by atoms with Gasteiger partial charge in [0.1, 0.15) is 0 Å². The first-order valence-corrected chi connectivity index (χ1v) is 10.3. The zero-order valence-electron chi connectivity index (χ0n) is 16.8. The second-order valence-corrected chi connectivity index (χ2v) is 7.02. The molecular weight excluding hydrogens is 346 g/mol. The number of rotatable bonds is 12. The van der Waals surface area contributed by atoms with Crippen molar-refractivity contribution in [2.45, 2.75) is 32.6 Å². The summed E-state index contributed by atoms with van der Waals surface area (Å²) in [5.41, 5.74) is 4.30. The van der Waals surface area contributed by atoms with E-state index in [1.807, 2.05) is 18.2 Å². The normalized spacial score (nSPS) is 11.1. The summed E-state index contributed by atoms with van der Waals surface area (Å²) in [6, 6.07) is 18.6. The van der Waals surface area contributed by atoms with Gasteiger partial charge in [0.15, 0.2) is 0 Å². The first-order valence-electron chi connectivity index (χ1n) is 10.3. The SMILES string of the molecule is CCN(CCCCCc1cccc(-c2ccn[nH]2)n1)CCNc1ccccc1. The minimum atomic E-state index is 0.970. The van der Waals surface area contributed by atoms with Crippen molar-refractivity contribution >= 4 is 5.69 Å². The molecule has 0 bridgehead atoms. The maximum atomic E-state index is 4.74. The number of benzene rings is 1. The number of para-hydroxylation sites is 1. The fraction of sp³-hybridized carbons (Fsp3) is 0.391. The van der Waals surface area contributed by atoms with Crippen LogP contribution in [-0.2, 0) is 6.42 Å². The second kappa shape index (κ2) is 11.2. The molecule has 0 amide bonds. The number of hydrogen-bond donors (Lipinski definition) is 2. The molecule has 148 valence electrons. The molecule has 0 aliphatic heterocycles. The monoisotopic (exact) mass is 377 g/mol. The van der Waals surface area contributed by atoms with Crippen LogP contribution in [0.4, 0.5) is 5.69 Å². The summed E-state index contributed by atoms with van der Waals surface area (Å²) in [5.74, 6) is 0. The lowest BCUT2D eigenvalue weighted by Gasteiger charge is -2.20. The van der Waals surface area contributed by atoms with Gasteiger partial charge in [-0.05, 0) is 62.7 Å². The van der Waals surface area contributed by atoms with Crippen LogP contribution in [-0.4, -0.2) is 46.3 Å². The topological polar surface area (TPSA) is 56.8 Å². The van der Waals surface area contributed by atoms with Crippen LogP contribution in [0.25, 0.3) is 11.4 Å². The van der Waals surface area contributed by atoms with Gasteiger partial charge >= 0.3 is 0 Å². The third-order valence-corrected chi connectivity index (χ3v) is 4.97. The summed E-state index contributed by atoms with van der Waals surface area (Å²) in [6.45, 7) is 6.58. The van der Waals surface area contributed by atoms with Gasteiger partial charge in [-0.15, -0.1) is 0 Å². The number of nitrogens with one attached hydrogen (secondary N) is 2. The molecule has 0 spiro atoms. The molecule has 0 radical (unpaired) electrons. The molecule has 1 aromatic carbocycles. The molecule has 0 atom stereocenters. The lowest BCUT2D eigenvalue weighted by molar-refractivity contribution is 0.291. The molecular formula is C23H31N5. The van der Waals surface area contributed by atoms with E-state index < -0.39 is 0 Å².